The molecule has 1 aliphatic rings. The summed E-state index contributed by atoms with van der Waals surface area (Å²) in [4.78, 5) is 26.8. The highest BCUT2D eigenvalue weighted by Gasteiger charge is 2.33. The molecule has 0 aliphatic carbocycles. The Labute approximate surface area is 132 Å². The van der Waals surface area contributed by atoms with Crippen LogP contribution in [-0.4, -0.2) is 32.8 Å². The van der Waals surface area contributed by atoms with Crippen LogP contribution in [0.4, 0.5) is 0 Å². The fourth-order valence-electron chi connectivity index (χ4n) is 2.92. The summed E-state index contributed by atoms with van der Waals surface area (Å²) in [6.07, 6.45) is 0. The second kappa shape index (κ2) is 5.53. The molecule has 0 spiro atoms. The lowest BCUT2D eigenvalue weighted by Gasteiger charge is -2.33. The van der Waals surface area contributed by atoms with E-state index >= 15 is 0 Å². The van der Waals surface area contributed by atoms with Crippen LogP contribution in [0.25, 0.3) is 0 Å². The summed E-state index contributed by atoms with van der Waals surface area (Å²) in [5.74, 6) is -1.72. The quantitative estimate of drug-likeness (QED) is 0.924. The lowest BCUT2D eigenvalue weighted by Crippen LogP contribution is -2.40. The van der Waals surface area contributed by atoms with Crippen LogP contribution in [0.5, 0.6) is 0 Å². The Morgan fingerprint density at radius 1 is 1.32 bits per heavy atom. The highest BCUT2D eigenvalue weighted by atomic mass is 32.1. The summed E-state index contributed by atoms with van der Waals surface area (Å²) in [7, 11) is 0. The maximum atomic E-state index is 12.8. The first-order valence-electron chi connectivity index (χ1n) is 7.01. The van der Waals surface area contributed by atoms with Gasteiger partial charge in [0, 0.05) is 18.0 Å². The van der Waals surface area contributed by atoms with Gasteiger partial charge in [0.2, 0.25) is 0 Å². The standard InChI is InChI=1S/C16H16N2O3S/c1-9-14(10(2)22-17-9)15(19)18-7-11-5-3-4-6-12(11)13(8-18)16(20)21/h3-6,13H,7-8H2,1-2H3,(H,20,21). The Balaban J connectivity index is 1.97. The summed E-state index contributed by atoms with van der Waals surface area (Å²) in [5.41, 5.74) is 3.01. The second-order valence-electron chi connectivity index (χ2n) is 5.47. The predicted molar refractivity (Wildman–Crippen MR) is 83.1 cm³/mol. The van der Waals surface area contributed by atoms with Gasteiger partial charge in [0.25, 0.3) is 5.91 Å². The van der Waals surface area contributed by atoms with E-state index in [9.17, 15) is 14.7 Å². The topological polar surface area (TPSA) is 70.5 Å². The van der Waals surface area contributed by atoms with E-state index in [2.05, 4.69) is 4.37 Å². The molecule has 1 amide bonds. The molecule has 1 aromatic carbocycles. The maximum Gasteiger partial charge on any atom is 0.312 e. The first kappa shape index (κ1) is 14.7. The summed E-state index contributed by atoms with van der Waals surface area (Å²) in [6, 6.07) is 7.42. The minimum Gasteiger partial charge on any atom is -0.481 e. The maximum absolute atomic E-state index is 12.8. The van der Waals surface area contributed by atoms with Gasteiger partial charge in [-0.25, -0.2) is 0 Å². The molecule has 0 bridgehead atoms. The number of nitrogens with zero attached hydrogens (tertiary/aromatic N) is 2. The van der Waals surface area contributed by atoms with Crippen LogP contribution < -0.4 is 0 Å². The summed E-state index contributed by atoms with van der Waals surface area (Å²) in [6.45, 7) is 4.31. The van der Waals surface area contributed by atoms with Crippen LogP contribution in [0.15, 0.2) is 24.3 Å². The number of hydrogen-bond acceptors (Lipinski definition) is 4. The van der Waals surface area contributed by atoms with Crippen LogP contribution in [0.3, 0.4) is 0 Å². The fourth-order valence-corrected chi connectivity index (χ4v) is 3.61. The Morgan fingerprint density at radius 2 is 2.05 bits per heavy atom. The van der Waals surface area contributed by atoms with Gasteiger partial charge >= 0.3 is 5.97 Å². The molecule has 2 aromatic rings. The van der Waals surface area contributed by atoms with Crippen molar-refractivity contribution in [2.45, 2.75) is 26.3 Å². The Hall–Kier alpha value is -2.21. The smallest absolute Gasteiger partial charge is 0.312 e. The van der Waals surface area contributed by atoms with Crippen LogP contribution in [0, 0.1) is 13.8 Å². The van der Waals surface area contributed by atoms with Crippen LogP contribution >= 0.6 is 11.5 Å². The largest absolute Gasteiger partial charge is 0.481 e. The van der Waals surface area contributed by atoms with Crippen molar-refractivity contribution in [2.75, 3.05) is 6.54 Å². The van der Waals surface area contributed by atoms with E-state index in [0.717, 1.165) is 16.0 Å². The third-order valence-corrected chi connectivity index (χ3v) is 4.87. The zero-order chi connectivity index (χ0) is 15.9. The van der Waals surface area contributed by atoms with E-state index in [1.807, 2.05) is 38.1 Å². The summed E-state index contributed by atoms with van der Waals surface area (Å²) >= 11 is 1.30. The first-order chi connectivity index (χ1) is 10.5. The average molecular weight is 316 g/mol. The molecule has 3 rings (SSSR count). The van der Waals surface area contributed by atoms with Crippen molar-refractivity contribution in [1.82, 2.24) is 9.27 Å². The van der Waals surface area contributed by atoms with Crippen LogP contribution in [-0.2, 0) is 11.3 Å². The minimum absolute atomic E-state index is 0.135. The van der Waals surface area contributed by atoms with Gasteiger partial charge in [0.15, 0.2) is 0 Å². The Kier molecular flexibility index (Phi) is 3.70. The third-order valence-electron chi connectivity index (χ3n) is 4.03. The molecule has 0 radical (unpaired) electrons. The van der Waals surface area contributed by atoms with Crippen molar-refractivity contribution < 1.29 is 14.7 Å². The van der Waals surface area contributed by atoms with Gasteiger partial charge in [-0.2, -0.15) is 4.37 Å². The number of fused-ring (bicyclic) bond motifs is 1. The van der Waals surface area contributed by atoms with Crippen molar-refractivity contribution in [3.05, 3.63) is 51.5 Å². The average Bonchev–Trinajstić information content (AvgIpc) is 2.84. The van der Waals surface area contributed by atoms with Crippen molar-refractivity contribution in [2.24, 2.45) is 0 Å². The summed E-state index contributed by atoms with van der Waals surface area (Å²) in [5, 5.41) is 9.48. The second-order valence-corrected chi connectivity index (χ2v) is 6.45. The van der Waals surface area contributed by atoms with Crippen molar-refractivity contribution in [1.29, 1.82) is 0 Å². The SMILES string of the molecule is Cc1nsc(C)c1C(=O)N1Cc2ccccc2C(C(=O)O)C1. The molecule has 1 unspecified atom stereocenters. The number of hydrogen-bond donors (Lipinski definition) is 1. The van der Waals surface area contributed by atoms with E-state index < -0.39 is 11.9 Å². The monoisotopic (exact) mass is 316 g/mol. The number of amides is 1. The zero-order valence-electron chi connectivity index (χ0n) is 12.4. The molecular weight excluding hydrogens is 300 g/mol. The molecule has 0 fully saturated rings. The number of carboxylic acid groups (broad SMARTS) is 1. The van der Waals surface area contributed by atoms with Gasteiger partial charge in [-0.05, 0) is 36.5 Å². The molecule has 2 heterocycles. The Morgan fingerprint density at radius 3 is 2.68 bits per heavy atom. The number of benzene rings is 1. The first-order valence-corrected chi connectivity index (χ1v) is 7.79. The fraction of sp³-hybridized carbons (Fsp3) is 0.312. The minimum atomic E-state index is -0.901. The molecule has 1 aromatic heterocycles. The number of rotatable bonds is 2. The van der Waals surface area contributed by atoms with Gasteiger partial charge < -0.3 is 10.0 Å². The lowest BCUT2D eigenvalue weighted by molar-refractivity contribution is -0.139. The molecule has 6 heteroatoms. The highest BCUT2D eigenvalue weighted by molar-refractivity contribution is 7.06. The number of aryl methyl sites for hydroxylation is 2. The zero-order valence-corrected chi connectivity index (χ0v) is 13.2. The molecule has 0 saturated carbocycles. The number of carbonyl (C=O) groups is 2. The van der Waals surface area contributed by atoms with E-state index in [0.29, 0.717) is 17.8 Å². The molecule has 5 nitrogen and oxygen atoms in total. The molecule has 1 atom stereocenters. The predicted octanol–water partition coefficient (Wildman–Crippen LogP) is 2.58. The van der Waals surface area contributed by atoms with Crippen LogP contribution in [0.2, 0.25) is 0 Å². The summed E-state index contributed by atoms with van der Waals surface area (Å²) < 4.78 is 4.21. The normalized spacial score (nSPS) is 17.2. The molecule has 1 aliphatic heterocycles. The van der Waals surface area contributed by atoms with E-state index in [1.165, 1.54) is 11.5 Å². The number of aromatic nitrogens is 1. The lowest BCUT2D eigenvalue weighted by atomic mass is 9.89. The molecule has 114 valence electrons. The van der Waals surface area contributed by atoms with E-state index in [4.69, 9.17) is 0 Å². The van der Waals surface area contributed by atoms with Gasteiger partial charge in [-0.15, -0.1) is 0 Å². The van der Waals surface area contributed by atoms with E-state index in [1.54, 1.807) is 4.90 Å². The van der Waals surface area contributed by atoms with Crippen LogP contribution in [0.1, 0.15) is 38.0 Å². The molecule has 0 saturated heterocycles. The van der Waals surface area contributed by atoms with E-state index in [-0.39, 0.29) is 12.5 Å². The highest BCUT2D eigenvalue weighted by Crippen LogP contribution is 2.30. The van der Waals surface area contributed by atoms with Gasteiger partial charge in [-0.3, -0.25) is 9.59 Å². The van der Waals surface area contributed by atoms with Gasteiger partial charge in [-0.1, -0.05) is 24.3 Å². The number of carbonyl (C=O) groups excluding carboxylic acids is 1. The molecule has 22 heavy (non-hydrogen) atoms. The Bertz CT molecular complexity index is 734. The third kappa shape index (κ3) is 2.39. The van der Waals surface area contributed by atoms with Crippen molar-refractivity contribution in [3.8, 4) is 0 Å². The van der Waals surface area contributed by atoms with Gasteiger partial charge in [0.1, 0.15) is 0 Å². The van der Waals surface area contributed by atoms with Crippen molar-refractivity contribution >= 4 is 23.4 Å². The van der Waals surface area contributed by atoms with Gasteiger partial charge in [0.05, 0.1) is 17.2 Å². The number of carboxylic acids is 1. The number of aliphatic carboxylic acids is 1. The molecule has 1 N–H and O–H groups in total. The van der Waals surface area contributed by atoms with Crippen molar-refractivity contribution in [3.63, 3.8) is 0 Å². The molecular formula is C16H16N2O3S.